The summed E-state index contributed by atoms with van der Waals surface area (Å²) < 4.78 is 5.95. The van der Waals surface area contributed by atoms with Gasteiger partial charge in [-0.15, -0.1) is 0 Å². The van der Waals surface area contributed by atoms with Crippen LogP contribution in [0.4, 0.5) is 0 Å². The number of hydrogen-bond acceptors (Lipinski definition) is 5. The highest BCUT2D eigenvalue weighted by Crippen LogP contribution is 2.27. The molecule has 1 heterocycles. The Morgan fingerprint density at radius 1 is 1.37 bits per heavy atom. The molecule has 2 atom stereocenters. The number of carbonyl (C=O) groups excluding carboxylic acids is 1. The first-order valence-corrected chi connectivity index (χ1v) is 9.26. The van der Waals surface area contributed by atoms with Crippen LogP contribution < -0.4 is 10.5 Å². The van der Waals surface area contributed by atoms with Crippen LogP contribution in [0.5, 0.6) is 5.75 Å². The Bertz CT molecular complexity index is 728. The Balaban J connectivity index is 2.01. The molecule has 0 fully saturated rings. The summed E-state index contributed by atoms with van der Waals surface area (Å²) in [5, 5.41) is 10.2. The monoisotopic (exact) mass is 374 g/mol. The van der Waals surface area contributed by atoms with E-state index in [1.54, 1.807) is 6.92 Å². The van der Waals surface area contributed by atoms with Crippen molar-refractivity contribution in [3.8, 4) is 5.75 Å². The number of imidazole rings is 1. The first kappa shape index (κ1) is 20.9. The fourth-order valence-electron chi connectivity index (χ4n) is 2.98. The van der Waals surface area contributed by atoms with Crippen molar-refractivity contribution in [3.05, 3.63) is 47.5 Å². The third-order valence-electron chi connectivity index (χ3n) is 4.50. The molecule has 2 rings (SSSR count). The molecule has 1 amide bonds. The first-order chi connectivity index (χ1) is 12.9. The summed E-state index contributed by atoms with van der Waals surface area (Å²) in [6.07, 6.45) is 3.16. The normalized spacial score (nSPS) is 13.5. The molecule has 0 bridgehead atoms. The number of aromatic nitrogens is 2. The quantitative estimate of drug-likeness (QED) is 0.521. The lowest BCUT2D eigenvalue weighted by Gasteiger charge is -2.19. The second-order valence-electron chi connectivity index (χ2n) is 7.05. The predicted molar refractivity (Wildman–Crippen MR) is 105 cm³/mol. The van der Waals surface area contributed by atoms with Crippen LogP contribution in [0.1, 0.15) is 47.6 Å². The van der Waals surface area contributed by atoms with Crippen LogP contribution in [0.25, 0.3) is 0 Å². The van der Waals surface area contributed by atoms with Crippen molar-refractivity contribution in [2.45, 2.75) is 38.2 Å². The van der Waals surface area contributed by atoms with E-state index in [0.29, 0.717) is 18.9 Å². The number of aliphatic hydroxyl groups is 1. The van der Waals surface area contributed by atoms with Crippen molar-refractivity contribution in [1.82, 2.24) is 14.9 Å². The van der Waals surface area contributed by atoms with Crippen LogP contribution in [0, 0.1) is 0 Å². The summed E-state index contributed by atoms with van der Waals surface area (Å²) >= 11 is 0. The number of para-hydroxylation sites is 1. The van der Waals surface area contributed by atoms with Crippen molar-refractivity contribution in [2.75, 3.05) is 27.2 Å². The molecule has 0 spiro atoms. The molecule has 27 heavy (non-hydrogen) atoms. The van der Waals surface area contributed by atoms with Gasteiger partial charge < -0.3 is 25.5 Å². The number of nitrogens with zero attached hydrogens (tertiary/aromatic N) is 2. The van der Waals surface area contributed by atoms with Crippen LogP contribution in [-0.4, -0.2) is 59.2 Å². The van der Waals surface area contributed by atoms with Crippen LogP contribution in [0.2, 0.25) is 0 Å². The number of aryl methyl sites for hydroxylation is 1. The standard InChI is InChI=1S/C20H30N4O3/c1-14(25)16(20-22-13-17(23-20)19(21)26)10-9-15-7-4-5-8-18(15)27-12-6-11-24(2)3/h4-5,7-8,13-14,16,25H,6,9-12H2,1-3H3,(H2,21,26)(H,22,23)/t14-,16-/m0/s1. The molecule has 0 saturated heterocycles. The molecular weight excluding hydrogens is 344 g/mol. The van der Waals surface area contributed by atoms with Gasteiger partial charge >= 0.3 is 0 Å². The summed E-state index contributed by atoms with van der Waals surface area (Å²) in [5.74, 6) is 0.663. The molecule has 1 aromatic carbocycles. The third kappa shape index (κ3) is 6.37. The largest absolute Gasteiger partial charge is 0.493 e. The third-order valence-corrected chi connectivity index (χ3v) is 4.50. The highest BCUT2D eigenvalue weighted by molar-refractivity contribution is 5.90. The zero-order valence-corrected chi connectivity index (χ0v) is 16.3. The zero-order valence-electron chi connectivity index (χ0n) is 16.3. The predicted octanol–water partition coefficient (Wildman–Crippen LogP) is 1.94. The highest BCUT2D eigenvalue weighted by Gasteiger charge is 2.22. The molecule has 148 valence electrons. The van der Waals surface area contributed by atoms with E-state index >= 15 is 0 Å². The number of rotatable bonds is 11. The van der Waals surface area contributed by atoms with Gasteiger partial charge in [0.15, 0.2) is 0 Å². The Morgan fingerprint density at radius 2 is 2.11 bits per heavy atom. The number of carbonyl (C=O) groups is 1. The van der Waals surface area contributed by atoms with E-state index in [4.69, 9.17) is 10.5 Å². The van der Waals surface area contributed by atoms with Gasteiger partial charge in [-0.3, -0.25) is 4.79 Å². The number of ether oxygens (including phenoxy) is 1. The molecule has 1 aromatic heterocycles. The van der Waals surface area contributed by atoms with Gasteiger partial charge in [-0.1, -0.05) is 18.2 Å². The lowest BCUT2D eigenvalue weighted by Crippen LogP contribution is -2.18. The minimum atomic E-state index is -0.606. The molecule has 7 heteroatoms. The van der Waals surface area contributed by atoms with Crippen LogP contribution >= 0.6 is 0 Å². The average Bonchev–Trinajstić information content (AvgIpc) is 3.09. The number of benzene rings is 1. The van der Waals surface area contributed by atoms with E-state index in [-0.39, 0.29) is 11.6 Å². The molecule has 4 N–H and O–H groups in total. The average molecular weight is 374 g/mol. The van der Waals surface area contributed by atoms with E-state index in [2.05, 4.69) is 14.9 Å². The minimum absolute atomic E-state index is 0.222. The van der Waals surface area contributed by atoms with Gasteiger partial charge in [-0.05, 0) is 51.9 Å². The van der Waals surface area contributed by atoms with E-state index < -0.39 is 12.0 Å². The summed E-state index contributed by atoms with van der Waals surface area (Å²) in [4.78, 5) is 20.5. The molecule has 0 radical (unpaired) electrons. The second kappa shape index (κ2) is 10.1. The minimum Gasteiger partial charge on any atom is -0.493 e. The summed E-state index contributed by atoms with van der Waals surface area (Å²) in [6, 6.07) is 7.96. The zero-order chi connectivity index (χ0) is 19.8. The summed E-state index contributed by atoms with van der Waals surface area (Å²) in [7, 11) is 4.09. The van der Waals surface area contributed by atoms with Gasteiger partial charge in [-0.2, -0.15) is 0 Å². The van der Waals surface area contributed by atoms with Crippen molar-refractivity contribution in [3.63, 3.8) is 0 Å². The van der Waals surface area contributed by atoms with Gasteiger partial charge in [0.25, 0.3) is 5.91 Å². The van der Waals surface area contributed by atoms with Gasteiger partial charge in [0.05, 0.1) is 18.9 Å². The SMILES string of the molecule is C[C@H](O)[C@H](CCc1ccccc1OCCCN(C)C)c1ncc(C(N)=O)[nH]1. The maximum atomic E-state index is 11.3. The molecule has 0 aliphatic carbocycles. The smallest absolute Gasteiger partial charge is 0.266 e. The fourth-order valence-corrected chi connectivity index (χ4v) is 2.98. The molecule has 0 aliphatic rings. The molecule has 7 nitrogen and oxygen atoms in total. The second-order valence-corrected chi connectivity index (χ2v) is 7.05. The first-order valence-electron chi connectivity index (χ1n) is 9.26. The molecule has 0 unspecified atom stereocenters. The maximum absolute atomic E-state index is 11.3. The molecular formula is C20H30N4O3. The van der Waals surface area contributed by atoms with Crippen molar-refractivity contribution in [1.29, 1.82) is 0 Å². The summed E-state index contributed by atoms with van der Waals surface area (Å²) in [6.45, 7) is 3.36. The number of aromatic amines is 1. The highest BCUT2D eigenvalue weighted by atomic mass is 16.5. The molecule has 2 aromatic rings. The lowest BCUT2D eigenvalue weighted by molar-refractivity contribution is 0.0995. The van der Waals surface area contributed by atoms with E-state index in [1.807, 2.05) is 38.4 Å². The topological polar surface area (TPSA) is 104 Å². The maximum Gasteiger partial charge on any atom is 0.266 e. The molecule has 0 saturated carbocycles. The number of hydrogen-bond donors (Lipinski definition) is 3. The van der Waals surface area contributed by atoms with Crippen molar-refractivity contribution >= 4 is 5.91 Å². The number of aliphatic hydroxyl groups excluding tert-OH is 1. The Labute approximate surface area is 160 Å². The Morgan fingerprint density at radius 3 is 2.74 bits per heavy atom. The van der Waals surface area contributed by atoms with E-state index in [9.17, 15) is 9.90 Å². The fraction of sp³-hybridized carbons (Fsp3) is 0.500. The van der Waals surface area contributed by atoms with Gasteiger partial charge in [0, 0.05) is 12.5 Å². The van der Waals surface area contributed by atoms with E-state index in [1.165, 1.54) is 6.20 Å². The Kier molecular flexibility index (Phi) is 7.82. The van der Waals surface area contributed by atoms with Crippen molar-refractivity contribution < 1.29 is 14.6 Å². The van der Waals surface area contributed by atoms with Crippen LogP contribution in [0.15, 0.2) is 30.5 Å². The number of primary amides is 1. The number of H-pyrrole nitrogens is 1. The number of amides is 1. The van der Waals surface area contributed by atoms with E-state index in [0.717, 1.165) is 30.7 Å². The van der Waals surface area contributed by atoms with Crippen LogP contribution in [-0.2, 0) is 6.42 Å². The summed E-state index contributed by atoms with van der Waals surface area (Å²) in [5.41, 5.74) is 6.62. The van der Waals surface area contributed by atoms with Gasteiger partial charge in [-0.25, -0.2) is 4.98 Å². The van der Waals surface area contributed by atoms with Gasteiger partial charge in [0.1, 0.15) is 17.3 Å². The number of nitrogens with one attached hydrogen (secondary N) is 1. The lowest BCUT2D eigenvalue weighted by atomic mass is 9.94. The number of nitrogens with two attached hydrogens (primary N) is 1. The molecule has 0 aliphatic heterocycles. The van der Waals surface area contributed by atoms with Gasteiger partial charge in [0.2, 0.25) is 0 Å². The van der Waals surface area contributed by atoms with Crippen LogP contribution in [0.3, 0.4) is 0 Å². The Hall–Kier alpha value is -2.38. The van der Waals surface area contributed by atoms with Crippen molar-refractivity contribution in [2.24, 2.45) is 5.73 Å².